The molecule has 0 rings (SSSR count). The van der Waals surface area contributed by atoms with Crippen LogP contribution < -0.4 is 0 Å². The first-order valence-corrected chi connectivity index (χ1v) is 14.8. The number of hydrogen-bond donors (Lipinski definition) is 4. The molecule has 0 radical (unpaired) electrons. The third kappa shape index (κ3) is 28.0. The molecule has 2 unspecified atom stereocenters. The Morgan fingerprint density at radius 2 is 0.455 bits per heavy atom. The summed E-state index contributed by atoms with van der Waals surface area (Å²) in [5.74, 6) is 0. The van der Waals surface area contributed by atoms with Crippen molar-refractivity contribution >= 4 is 0 Å². The molecule has 0 aliphatic carbocycles. The second-order valence-corrected chi connectivity index (χ2v) is 10.3. The van der Waals surface area contributed by atoms with Crippen LogP contribution in [0, 0.1) is 0 Å². The summed E-state index contributed by atoms with van der Waals surface area (Å²) in [6, 6.07) is 0. The average molecular weight is 473 g/mol. The Labute approximate surface area is 206 Å². The van der Waals surface area contributed by atoms with E-state index in [4.69, 9.17) is 10.2 Å². The molecule has 0 saturated carbocycles. The molecule has 0 aliphatic heterocycles. The van der Waals surface area contributed by atoms with Crippen LogP contribution in [0.1, 0.15) is 161 Å². The van der Waals surface area contributed by atoms with Crippen molar-refractivity contribution in [1.82, 2.24) is 0 Å². The summed E-state index contributed by atoms with van der Waals surface area (Å²) >= 11 is 0. The van der Waals surface area contributed by atoms with Gasteiger partial charge < -0.3 is 20.4 Å². The molecular formula is C29H60O4. The average Bonchev–Trinajstić information content (AvgIpc) is 2.81. The van der Waals surface area contributed by atoms with E-state index in [1.165, 1.54) is 96.3 Å². The molecule has 0 fully saturated rings. The first-order chi connectivity index (χ1) is 16.2. The molecule has 4 N–H and O–H groups in total. The van der Waals surface area contributed by atoms with Crippen LogP contribution in [-0.2, 0) is 0 Å². The molecule has 4 heteroatoms. The highest BCUT2D eigenvalue weighted by Gasteiger charge is 2.05. The monoisotopic (exact) mass is 472 g/mol. The fraction of sp³-hybridized carbons (Fsp3) is 1.00. The Morgan fingerprint density at radius 1 is 0.273 bits per heavy atom. The zero-order valence-corrected chi connectivity index (χ0v) is 22.0. The van der Waals surface area contributed by atoms with Crippen LogP contribution in [0.25, 0.3) is 0 Å². The lowest BCUT2D eigenvalue weighted by Crippen LogP contribution is -2.06. The molecule has 2 atom stereocenters. The van der Waals surface area contributed by atoms with Crippen molar-refractivity contribution in [1.29, 1.82) is 0 Å². The van der Waals surface area contributed by atoms with Crippen molar-refractivity contribution in [2.24, 2.45) is 0 Å². The number of unbranched alkanes of at least 4 members (excludes halogenated alkanes) is 18. The van der Waals surface area contributed by atoms with Gasteiger partial charge in [-0.05, 0) is 38.5 Å². The minimum Gasteiger partial charge on any atom is -0.396 e. The highest BCUT2D eigenvalue weighted by Crippen LogP contribution is 2.16. The predicted molar refractivity (Wildman–Crippen MR) is 142 cm³/mol. The molecule has 0 saturated heterocycles. The van der Waals surface area contributed by atoms with Crippen LogP contribution in [0.15, 0.2) is 0 Å². The van der Waals surface area contributed by atoms with Gasteiger partial charge in [-0.2, -0.15) is 0 Å². The van der Waals surface area contributed by atoms with Gasteiger partial charge in [-0.1, -0.05) is 122 Å². The number of rotatable bonds is 28. The van der Waals surface area contributed by atoms with Crippen molar-refractivity contribution in [3.63, 3.8) is 0 Å². The quantitative estimate of drug-likeness (QED) is 0.0892. The molecule has 4 nitrogen and oxygen atoms in total. The van der Waals surface area contributed by atoms with E-state index < -0.39 is 0 Å². The molecule has 200 valence electrons. The number of aliphatic hydroxyl groups is 4. The van der Waals surface area contributed by atoms with Crippen LogP contribution >= 0.6 is 0 Å². The zero-order chi connectivity index (χ0) is 24.2. The van der Waals surface area contributed by atoms with Crippen molar-refractivity contribution in [2.75, 3.05) is 13.2 Å². The molecule has 0 aromatic heterocycles. The van der Waals surface area contributed by atoms with Gasteiger partial charge in [-0.15, -0.1) is 0 Å². The molecule has 0 amide bonds. The molecule has 0 bridgehead atoms. The predicted octanol–water partition coefficient (Wildman–Crippen LogP) is 7.45. The highest BCUT2D eigenvalue weighted by atomic mass is 16.3. The van der Waals surface area contributed by atoms with Gasteiger partial charge in [0, 0.05) is 13.2 Å². The Balaban J connectivity index is 3.19. The summed E-state index contributed by atoms with van der Waals surface area (Å²) in [6.45, 7) is 0.618. The van der Waals surface area contributed by atoms with Crippen molar-refractivity contribution in [3.05, 3.63) is 0 Å². The van der Waals surface area contributed by atoms with E-state index in [1.54, 1.807) is 0 Å². The van der Waals surface area contributed by atoms with E-state index in [9.17, 15) is 10.2 Å². The second kappa shape index (κ2) is 28.1. The van der Waals surface area contributed by atoms with Crippen LogP contribution in [0.3, 0.4) is 0 Å². The van der Waals surface area contributed by atoms with E-state index in [2.05, 4.69) is 0 Å². The van der Waals surface area contributed by atoms with Crippen LogP contribution in [0.4, 0.5) is 0 Å². The highest BCUT2D eigenvalue weighted by molar-refractivity contribution is 4.59. The SMILES string of the molecule is OCCCCCCCC(O)CCCCCCCCCCCCCC(O)CCCCCCCO. The summed E-state index contributed by atoms with van der Waals surface area (Å²) in [4.78, 5) is 0. The second-order valence-electron chi connectivity index (χ2n) is 10.3. The van der Waals surface area contributed by atoms with Crippen LogP contribution in [0.2, 0.25) is 0 Å². The third-order valence-electron chi connectivity index (χ3n) is 6.97. The summed E-state index contributed by atoms with van der Waals surface area (Å²) in [5.41, 5.74) is 0. The minimum absolute atomic E-state index is 0.105. The normalized spacial score (nSPS) is 13.5. The molecule has 0 spiro atoms. The minimum atomic E-state index is -0.105. The smallest absolute Gasteiger partial charge is 0.0540 e. The molecular weight excluding hydrogens is 412 g/mol. The van der Waals surface area contributed by atoms with E-state index >= 15 is 0 Å². The first-order valence-electron chi connectivity index (χ1n) is 14.8. The van der Waals surface area contributed by atoms with Crippen molar-refractivity contribution in [3.8, 4) is 0 Å². The van der Waals surface area contributed by atoms with Crippen molar-refractivity contribution in [2.45, 2.75) is 173 Å². The maximum atomic E-state index is 10.1. The summed E-state index contributed by atoms with van der Waals surface area (Å²) in [7, 11) is 0. The lowest BCUT2D eigenvalue weighted by atomic mass is 10.0. The van der Waals surface area contributed by atoms with E-state index in [0.29, 0.717) is 13.2 Å². The van der Waals surface area contributed by atoms with Gasteiger partial charge in [-0.25, -0.2) is 0 Å². The van der Waals surface area contributed by atoms with Gasteiger partial charge >= 0.3 is 0 Å². The van der Waals surface area contributed by atoms with Crippen LogP contribution in [0.5, 0.6) is 0 Å². The van der Waals surface area contributed by atoms with Gasteiger partial charge in [0.25, 0.3) is 0 Å². The zero-order valence-electron chi connectivity index (χ0n) is 22.0. The largest absolute Gasteiger partial charge is 0.396 e. The maximum absolute atomic E-state index is 10.1. The summed E-state index contributed by atoms with van der Waals surface area (Å²) in [6.07, 6.45) is 28.9. The lowest BCUT2D eigenvalue weighted by Gasteiger charge is -2.10. The number of aliphatic hydroxyl groups excluding tert-OH is 4. The van der Waals surface area contributed by atoms with Crippen molar-refractivity contribution < 1.29 is 20.4 Å². The summed E-state index contributed by atoms with van der Waals surface area (Å²) < 4.78 is 0. The van der Waals surface area contributed by atoms with E-state index in [-0.39, 0.29) is 12.2 Å². The summed E-state index contributed by atoms with van der Waals surface area (Å²) in [5, 5.41) is 37.6. The van der Waals surface area contributed by atoms with Crippen LogP contribution in [-0.4, -0.2) is 45.8 Å². The van der Waals surface area contributed by atoms with Gasteiger partial charge in [0.1, 0.15) is 0 Å². The molecule has 0 heterocycles. The Bertz CT molecular complexity index is 319. The van der Waals surface area contributed by atoms with Gasteiger partial charge in [0.2, 0.25) is 0 Å². The van der Waals surface area contributed by atoms with E-state index in [0.717, 1.165) is 64.2 Å². The fourth-order valence-corrected chi connectivity index (χ4v) is 4.68. The van der Waals surface area contributed by atoms with Gasteiger partial charge in [0.05, 0.1) is 12.2 Å². The third-order valence-corrected chi connectivity index (χ3v) is 6.97. The Kier molecular flexibility index (Phi) is 27.9. The lowest BCUT2D eigenvalue weighted by molar-refractivity contribution is 0.146. The number of hydrogen-bond acceptors (Lipinski definition) is 4. The molecule has 0 aromatic carbocycles. The Hall–Kier alpha value is -0.160. The Morgan fingerprint density at radius 3 is 0.667 bits per heavy atom. The van der Waals surface area contributed by atoms with Gasteiger partial charge in [-0.3, -0.25) is 0 Å². The van der Waals surface area contributed by atoms with Gasteiger partial charge in [0.15, 0.2) is 0 Å². The van der Waals surface area contributed by atoms with E-state index in [1.807, 2.05) is 0 Å². The fourth-order valence-electron chi connectivity index (χ4n) is 4.68. The maximum Gasteiger partial charge on any atom is 0.0540 e. The first kappa shape index (κ1) is 32.8. The molecule has 0 aromatic rings. The molecule has 33 heavy (non-hydrogen) atoms. The topological polar surface area (TPSA) is 80.9 Å². The molecule has 0 aliphatic rings. The standard InChI is InChI=1S/C29H60O4/c30-26-20-14-8-12-18-24-28(32)22-16-10-6-4-2-1-3-5-7-11-17-23-29(33)25-19-13-9-15-21-27-31/h28-33H,1-27H2.